The molecule has 2 atom stereocenters. The number of rotatable bonds is 5. The van der Waals surface area contributed by atoms with E-state index in [0.29, 0.717) is 0 Å². The number of hydrogen-bond donors (Lipinski definition) is 3. The molecule has 0 fully saturated rings. The monoisotopic (exact) mass is 202 g/mol. The van der Waals surface area contributed by atoms with Crippen molar-refractivity contribution in [2.24, 2.45) is 11.7 Å². The first-order valence-electron chi connectivity index (χ1n) is 4.49. The second kappa shape index (κ2) is 4.41. The van der Waals surface area contributed by atoms with E-state index in [4.69, 9.17) is 10.8 Å². The minimum atomic E-state index is -0.898. The van der Waals surface area contributed by atoms with Crippen LogP contribution in [-0.4, -0.2) is 28.6 Å². The van der Waals surface area contributed by atoms with Gasteiger partial charge in [0.15, 0.2) is 0 Å². The molecular weight excluding hydrogens is 184 g/mol. The fraction of sp³-hybridized carbons (Fsp3) is 0.778. The molecular formula is C9H18N2O3. The van der Waals surface area contributed by atoms with Gasteiger partial charge in [-0.15, -0.1) is 0 Å². The highest BCUT2D eigenvalue weighted by Crippen LogP contribution is 2.09. The van der Waals surface area contributed by atoms with Crippen LogP contribution in [0.5, 0.6) is 0 Å². The minimum absolute atomic E-state index is 0.310. The SMILES string of the molecule is CC(NC(C)(C)C(N)=O)C(C)C(=O)O. The highest BCUT2D eigenvalue weighted by molar-refractivity contribution is 5.83. The second-order valence-corrected chi connectivity index (χ2v) is 4.05. The topological polar surface area (TPSA) is 92.4 Å². The summed E-state index contributed by atoms with van der Waals surface area (Å²) in [6.45, 7) is 6.54. The lowest BCUT2D eigenvalue weighted by Crippen LogP contribution is -2.56. The van der Waals surface area contributed by atoms with Gasteiger partial charge in [0.1, 0.15) is 0 Å². The van der Waals surface area contributed by atoms with Crippen LogP contribution in [0.4, 0.5) is 0 Å². The van der Waals surface area contributed by atoms with Crippen LogP contribution in [0.1, 0.15) is 27.7 Å². The van der Waals surface area contributed by atoms with Crippen LogP contribution in [0.25, 0.3) is 0 Å². The summed E-state index contributed by atoms with van der Waals surface area (Å²) in [5, 5.41) is 11.6. The normalized spacial score (nSPS) is 16.0. The first kappa shape index (κ1) is 12.9. The molecule has 0 aromatic carbocycles. The zero-order chi connectivity index (χ0) is 11.5. The molecule has 0 rings (SSSR count). The average Bonchev–Trinajstić information content (AvgIpc) is 2.01. The Morgan fingerprint density at radius 3 is 2.07 bits per heavy atom. The zero-order valence-corrected chi connectivity index (χ0v) is 9.00. The van der Waals surface area contributed by atoms with E-state index in [-0.39, 0.29) is 6.04 Å². The molecule has 0 aliphatic heterocycles. The van der Waals surface area contributed by atoms with Gasteiger partial charge >= 0.3 is 5.97 Å². The fourth-order valence-corrected chi connectivity index (χ4v) is 0.979. The van der Waals surface area contributed by atoms with Crippen molar-refractivity contribution in [2.75, 3.05) is 0 Å². The molecule has 0 saturated carbocycles. The molecule has 0 bridgehead atoms. The van der Waals surface area contributed by atoms with Crippen LogP contribution in [0.15, 0.2) is 0 Å². The number of carbonyl (C=O) groups excluding carboxylic acids is 1. The van der Waals surface area contributed by atoms with E-state index in [1.807, 2.05) is 0 Å². The molecule has 0 heterocycles. The molecule has 0 aliphatic rings. The molecule has 0 aromatic heterocycles. The van der Waals surface area contributed by atoms with Crippen LogP contribution >= 0.6 is 0 Å². The number of nitrogens with one attached hydrogen (secondary N) is 1. The molecule has 2 unspecified atom stereocenters. The van der Waals surface area contributed by atoms with E-state index in [9.17, 15) is 9.59 Å². The summed E-state index contributed by atoms with van der Waals surface area (Å²) in [4.78, 5) is 21.6. The van der Waals surface area contributed by atoms with Gasteiger partial charge in [0, 0.05) is 6.04 Å². The van der Waals surface area contributed by atoms with Crippen LogP contribution in [-0.2, 0) is 9.59 Å². The number of hydrogen-bond acceptors (Lipinski definition) is 3. The molecule has 0 aliphatic carbocycles. The van der Waals surface area contributed by atoms with Gasteiger partial charge in [-0.3, -0.25) is 9.59 Å². The van der Waals surface area contributed by atoms with Gasteiger partial charge in [0.25, 0.3) is 0 Å². The van der Waals surface area contributed by atoms with Crippen molar-refractivity contribution >= 4 is 11.9 Å². The molecule has 0 saturated heterocycles. The summed E-state index contributed by atoms with van der Waals surface area (Å²) in [5.41, 5.74) is 4.26. The third-order valence-electron chi connectivity index (χ3n) is 2.34. The van der Waals surface area contributed by atoms with Gasteiger partial charge in [-0.25, -0.2) is 0 Å². The van der Waals surface area contributed by atoms with Crippen molar-refractivity contribution in [1.82, 2.24) is 5.32 Å². The van der Waals surface area contributed by atoms with Gasteiger partial charge in [-0.1, -0.05) is 6.92 Å². The molecule has 0 radical (unpaired) electrons. The van der Waals surface area contributed by atoms with Crippen molar-refractivity contribution in [1.29, 1.82) is 0 Å². The van der Waals surface area contributed by atoms with Crippen LogP contribution in [0.3, 0.4) is 0 Å². The number of carbonyl (C=O) groups is 2. The molecule has 14 heavy (non-hydrogen) atoms. The number of amides is 1. The molecule has 5 heteroatoms. The Morgan fingerprint density at radius 2 is 1.79 bits per heavy atom. The molecule has 5 nitrogen and oxygen atoms in total. The van der Waals surface area contributed by atoms with Crippen LogP contribution in [0.2, 0.25) is 0 Å². The van der Waals surface area contributed by atoms with E-state index in [2.05, 4.69) is 5.32 Å². The van der Waals surface area contributed by atoms with E-state index in [1.165, 1.54) is 0 Å². The van der Waals surface area contributed by atoms with Crippen molar-refractivity contribution in [3.8, 4) is 0 Å². The Bertz CT molecular complexity index is 238. The quantitative estimate of drug-likeness (QED) is 0.582. The maximum absolute atomic E-state index is 11.0. The molecule has 82 valence electrons. The largest absolute Gasteiger partial charge is 0.481 e. The third kappa shape index (κ3) is 3.33. The summed E-state index contributed by atoms with van der Waals surface area (Å²) in [5.74, 6) is -1.96. The highest BCUT2D eigenvalue weighted by Gasteiger charge is 2.30. The van der Waals surface area contributed by atoms with E-state index in [1.54, 1.807) is 27.7 Å². The molecule has 1 amide bonds. The average molecular weight is 202 g/mol. The predicted octanol–water partition coefficient (Wildman–Crippen LogP) is -0.0509. The first-order valence-corrected chi connectivity index (χ1v) is 4.49. The summed E-state index contributed by atoms with van der Waals surface area (Å²) in [6.07, 6.45) is 0. The number of primary amides is 1. The zero-order valence-electron chi connectivity index (χ0n) is 9.00. The Morgan fingerprint density at radius 1 is 1.36 bits per heavy atom. The molecule has 0 spiro atoms. The standard InChI is InChI=1S/C9H18N2O3/c1-5(7(12)13)6(2)11-9(3,4)8(10)14/h5-6,11H,1-4H3,(H2,10,14)(H,12,13). The van der Waals surface area contributed by atoms with E-state index in [0.717, 1.165) is 0 Å². The summed E-state index contributed by atoms with van der Waals surface area (Å²) in [7, 11) is 0. The Balaban J connectivity index is 4.39. The summed E-state index contributed by atoms with van der Waals surface area (Å²) < 4.78 is 0. The van der Waals surface area contributed by atoms with E-state index >= 15 is 0 Å². The Labute approximate surface area is 83.7 Å². The van der Waals surface area contributed by atoms with Crippen molar-refractivity contribution in [3.05, 3.63) is 0 Å². The maximum Gasteiger partial charge on any atom is 0.307 e. The molecule has 4 N–H and O–H groups in total. The lowest BCUT2D eigenvalue weighted by atomic mass is 9.98. The highest BCUT2D eigenvalue weighted by atomic mass is 16.4. The second-order valence-electron chi connectivity index (χ2n) is 4.05. The minimum Gasteiger partial charge on any atom is -0.481 e. The van der Waals surface area contributed by atoms with Crippen molar-refractivity contribution in [3.63, 3.8) is 0 Å². The smallest absolute Gasteiger partial charge is 0.307 e. The summed E-state index contributed by atoms with van der Waals surface area (Å²) in [6, 6.07) is -0.310. The van der Waals surface area contributed by atoms with Crippen LogP contribution in [0, 0.1) is 5.92 Å². The van der Waals surface area contributed by atoms with Crippen LogP contribution < -0.4 is 11.1 Å². The van der Waals surface area contributed by atoms with Gasteiger partial charge < -0.3 is 16.2 Å². The lowest BCUT2D eigenvalue weighted by Gasteiger charge is -2.28. The Kier molecular flexibility index (Phi) is 4.07. The lowest BCUT2D eigenvalue weighted by molar-refractivity contribution is -0.142. The van der Waals surface area contributed by atoms with Gasteiger partial charge in [-0.05, 0) is 20.8 Å². The number of aliphatic carboxylic acids is 1. The van der Waals surface area contributed by atoms with Crippen molar-refractivity contribution < 1.29 is 14.7 Å². The van der Waals surface area contributed by atoms with Gasteiger partial charge in [0.2, 0.25) is 5.91 Å². The third-order valence-corrected chi connectivity index (χ3v) is 2.34. The summed E-state index contributed by atoms with van der Waals surface area (Å²) >= 11 is 0. The Hall–Kier alpha value is -1.10. The number of nitrogens with two attached hydrogens (primary N) is 1. The van der Waals surface area contributed by atoms with Gasteiger partial charge in [-0.2, -0.15) is 0 Å². The number of carboxylic acid groups (broad SMARTS) is 1. The first-order chi connectivity index (χ1) is 6.18. The van der Waals surface area contributed by atoms with Gasteiger partial charge in [0.05, 0.1) is 11.5 Å². The fourth-order valence-electron chi connectivity index (χ4n) is 0.979. The molecule has 0 aromatic rings. The maximum atomic E-state index is 11.0. The van der Waals surface area contributed by atoms with E-state index < -0.39 is 23.3 Å². The predicted molar refractivity (Wildman–Crippen MR) is 52.7 cm³/mol. The van der Waals surface area contributed by atoms with Crippen molar-refractivity contribution in [2.45, 2.75) is 39.3 Å². The number of carboxylic acids is 1.